The van der Waals surface area contributed by atoms with Gasteiger partial charge in [0.2, 0.25) is 76.8 Å². The molecule has 0 bridgehead atoms. The van der Waals surface area contributed by atoms with Crippen molar-refractivity contribution < 1.29 is 92.3 Å². The average molecular weight is 1530 g/mol. The third-order valence-corrected chi connectivity index (χ3v) is 19.8. The van der Waals surface area contributed by atoms with E-state index in [1.54, 1.807) is 58.0 Å². The summed E-state index contributed by atoms with van der Waals surface area (Å²) in [5.41, 5.74) is 24.0. The Balaban J connectivity index is 1.34. The number of aliphatic carboxylic acids is 2. The van der Waals surface area contributed by atoms with Crippen LogP contribution in [0, 0.1) is 11.8 Å². The zero-order valence-electron chi connectivity index (χ0n) is 62.0. The van der Waals surface area contributed by atoms with Gasteiger partial charge in [-0.15, -0.1) is 5.10 Å². The van der Waals surface area contributed by atoms with Crippen LogP contribution in [0.25, 0.3) is 0 Å². The molecule has 40 heteroatoms. The zero-order valence-corrected chi connectivity index (χ0v) is 62.0. The molecule has 0 aliphatic carbocycles. The van der Waals surface area contributed by atoms with Gasteiger partial charge in [-0.1, -0.05) is 76.1 Å². The molecule has 1 aromatic heterocycles. The monoisotopic (exact) mass is 1530 g/mol. The Hall–Kier alpha value is -10.5. The molecule has 4 aliphatic heterocycles. The number of benzene rings is 1. The number of nitrogens with zero attached hydrogens (tertiary/aromatic N) is 7. The minimum atomic E-state index is -1.96. The predicted molar refractivity (Wildman–Crippen MR) is 387 cm³/mol. The van der Waals surface area contributed by atoms with Crippen LogP contribution in [0.4, 0.5) is 0 Å². The summed E-state index contributed by atoms with van der Waals surface area (Å²) < 4.78 is 1.03. The summed E-state index contributed by atoms with van der Waals surface area (Å²) in [6.45, 7) is 5.80. The molecule has 0 radical (unpaired) electrons. The molecule has 40 nitrogen and oxygen atoms in total. The molecule has 0 spiro atoms. The second-order valence-corrected chi connectivity index (χ2v) is 28.0. The number of likely N-dealkylation sites (tertiary alicyclic amines) is 1. The minimum absolute atomic E-state index is 0.00645. The van der Waals surface area contributed by atoms with E-state index in [0.29, 0.717) is 37.7 Å². The Labute approximate surface area is 629 Å². The van der Waals surface area contributed by atoms with Crippen LogP contribution in [0.5, 0.6) is 0 Å². The van der Waals surface area contributed by atoms with E-state index in [2.05, 4.69) is 68.5 Å². The number of carboxylic acid groups (broad SMARTS) is 2. The fourth-order valence-corrected chi connectivity index (χ4v) is 13.3. The summed E-state index contributed by atoms with van der Waals surface area (Å²) >= 11 is 0. The van der Waals surface area contributed by atoms with E-state index in [-0.39, 0.29) is 102 Å². The van der Waals surface area contributed by atoms with Gasteiger partial charge in [0.25, 0.3) is 0 Å². The number of hydrogen-bond acceptors (Lipinski definition) is 22. The van der Waals surface area contributed by atoms with Crippen LogP contribution in [0.3, 0.4) is 0 Å². The first kappa shape index (κ1) is 87.4. The maximum Gasteiger partial charge on any atom is 0.326 e. The smallest absolute Gasteiger partial charge is 0.326 e. The predicted octanol–water partition coefficient (Wildman–Crippen LogP) is -6.94. The lowest BCUT2D eigenvalue weighted by molar-refractivity contribution is -0.149. The maximum absolute atomic E-state index is 14.9. The number of nitrogens with one attached hydrogen (secondary N) is 10. The normalized spacial score (nSPS) is 25.0. The average Bonchev–Trinajstić information content (AvgIpc) is 1.67. The van der Waals surface area contributed by atoms with E-state index in [9.17, 15) is 92.3 Å². The molecule has 1 aromatic carbocycles. The summed E-state index contributed by atoms with van der Waals surface area (Å²) in [5, 5.41) is 74.4. The van der Waals surface area contributed by atoms with Crippen molar-refractivity contribution in [2.24, 2.45) is 39.8 Å². The van der Waals surface area contributed by atoms with Gasteiger partial charge in [-0.25, -0.2) is 9.48 Å². The first-order valence-corrected chi connectivity index (χ1v) is 36.9. The number of amides is 13. The highest BCUT2D eigenvalue weighted by molar-refractivity contribution is 6.00. The van der Waals surface area contributed by atoms with Gasteiger partial charge >= 0.3 is 11.9 Å². The number of carbonyl (C=O) groups excluding carboxylic acids is 13. The van der Waals surface area contributed by atoms with Crippen molar-refractivity contribution >= 4 is 94.7 Å². The molecule has 16 atom stereocenters. The van der Waals surface area contributed by atoms with Crippen LogP contribution in [-0.4, -0.2) is 275 Å². The second kappa shape index (κ2) is 42.3. The standard InChI is InChI=1S/C69H107N21O19/c1-6-36(3)53-63(103)75-32-51(93)76-42(20-13-25-74-69(72)73)57(97)80-46(34-87-33-40(85-86-87)30-41(71)56(96)78-44(29-39-17-9-8-10-18-39)65(105)88-26-14-21-48(88)61(101)79-45(68(108)109)31-52(94)95)59(99)84-55(38(5)92)64(104)77-43(19-11-12-24-70)58(98)81-47(35-91)60(100)83-54(37(4)7-2)67(107)90-28-16-23-50(90)66(106)89-27-15-22-49(89)62(102)82-53/h8-10,17-18,33,36-38,41-50,53-55,91-92H,6-7,11-16,19-32,34-35,70-71H2,1-5H3,(H,75,103)(H,76,93)(H,77,104)(H,78,96)(H,79,101)(H,80,97)(H,81,98)(H,82,102)(H,83,100)(H,84,99)(H,94,95)(H,108,109)(H4,72,73,74)/t36-,37-,38+,41-,42-,43-,44-,45-,46-,47-,48-,49-,50-,53-,54-,55-/m0/s1. The maximum atomic E-state index is 14.9. The number of carboxylic acids is 2. The topological polar surface area (TPSA) is 614 Å². The molecular weight excluding hydrogens is 1430 g/mol. The molecule has 2 aromatic rings. The van der Waals surface area contributed by atoms with Gasteiger partial charge in [-0.05, 0) is 101 Å². The summed E-state index contributed by atoms with van der Waals surface area (Å²) in [5.74, 6) is -16.3. The molecule has 602 valence electrons. The van der Waals surface area contributed by atoms with Crippen LogP contribution in [-0.2, 0) is 91.3 Å². The number of hydrogen-bond donors (Lipinski definition) is 18. The van der Waals surface area contributed by atoms with Crippen LogP contribution >= 0.6 is 0 Å². The van der Waals surface area contributed by atoms with Crippen LogP contribution in [0.2, 0.25) is 0 Å². The van der Waals surface area contributed by atoms with Gasteiger partial charge in [0.05, 0.1) is 44.0 Å². The lowest BCUT2D eigenvalue weighted by atomic mass is 9.96. The number of unbranched alkanes of at least 4 members (excludes halogenated alkanes) is 1. The third kappa shape index (κ3) is 25.3. The Bertz CT molecular complexity index is 3580. The van der Waals surface area contributed by atoms with E-state index >= 15 is 0 Å². The molecule has 109 heavy (non-hydrogen) atoms. The Morgan fingerprint density at radius 1 is 0.642 bits per heavy atom. The quantitative estimate of drug-likeness (QED) is 0.0214. The van der Waals surface area contributed by atoms with Crippen LogP contribution < -0.4 is 76.1 Å². The molecule has 22 N–H and O–H groups in total. The number of aliphatic hydroxyl groups is 2. The third-order valence-electron chi connectivity index (χ3n) is 19.8. The summed E-state index contributed by atoms with van der Waals surface area (Å²) in [7, 11) is 0. The molecule has 13 amide bonds. The van der Waals surface area contributed by atoms with Gasteiger partial charge in [0.15, 0.2) is 5.96 Å². The fraction of sp³-hybridized carbons (Fsp3) is 0.652. The van der Waals surface area contributed by atoms with E-state index in [4.69, 9.17) is 22.9 Å². The number of aromatic nitrogens is 3. The SMILES string of the molecule is CC[C@H](C)[C@@H]1NC(=O)[C@@H]2CCCN2C(=O)[C@@H]2CCCN2C(=O)[C@H]([C@@H](C)CC)NC(=O)[C@H](CO)NC(=O)[C@H](CCCCN)NC(=O)[C@H]([C@@H](C)O)NC(=O)[C@H](Cn2cc(C[C@H](N)C(=O)N[C@@H](Cc3ccccc3)C(=O)N3CCC[C@H]3C(=O)N[C@@H](CC(=O)O)C(=O)O)nn2)NC(=O)[C@H](CCCN=C(N)N)NC(=O)CNC1=O. The molecule has 6 rings (SSSR count). The molecule has 0 unspecified atom stereocenters. The first-order chi connectivity index (χ1) is 51.8. The van der Waals surface area contributed by atoms with E-state index < -0.39 is 218 Å². The van der Waals surface area contributed by atoms with Crippen molar-refractivity contribution in [1.82, 2.24) is 82.9 Å². The summed E-state index contributed by atoms with van der Waals surface area (Å²) in [4.78, 5) is 218. The lowest BCUT2D eigenvalue weighted by Crippen LogP contribution is -2.63. The Morgan fingerprint density at radius 3 is 1.84 bits per heavy atom. The highest BCUT2D eigenvalue weighted by atomic mass is 16.4. The van der Waals surface area contributed by atoms with E-state index in [1.165, 1.54) is 16.0 Å². The van der Waals surface area contributed by atoms with Crippen molar-refractivity contribution in [1.29, 1.82) is 0 Å². The highest BCUT2D eigenvalue weighted by Gasteiger charge is 2.47. The molecule has 0 saturated carbocycles. The van der Waals surface area contributed by atoms with Crippen molar-refractivity contribution in [3.63, 3.8) is 0 Å². The Morgan fingerprint density at radius 2 is 1.22 bits per heavy atom. The first-order valence-electron chi connectivity index (χ1n) is 36.9. The van der Waals surface area contributed by atoms with E-state index in [1.807, 2.05) is 0 Å². The molecule has 5 heterocycles. The number of aliphatic hydroxyl groups excluding tert-OH is 2. The summed E-state index contributed by atoms with van der Waals surface area (Å²) in [6.07, 6.45) is 0.276. The number of rotatable bonds is 28. The number of fused-ring (bicyclic) bond motifs is 2. The highest BCUT2D eigenvalue weighted by Crippen LogP contribution is 2.28. The zero-order chi connectivity index (χ0) is 80.3. The molecular formula is C69H107N21O19. The molecule has 4 aliphatic rings. The van der Waals surface area contributed by atoms with Crippen molar-refractivity contribution in [2.75, 3.05) is 45.9 Å². The van der Waals surface area contributed by atoms with Gasteiger partial charge in [0, 0.05) is 45.2 Å². The van der Waals surface area contributed by atoms with Gasteiger partial charge < -0.3 is 111 Å². The van der Waals surface area contributed by atoms with Gasteiger partial charge in [-0.3, -0.25) is 72.1 Å². The molecule has 4 saturated heterocycles. The van der Waals surface area contributed by atoms with Crippen molar-refractivity contribution in [2.45, 2.75) is 229 Å². The van der Waals surface area contributed by atoms with Gasteiger partial charge in [0.1, 0.15) is 72.5 Å². The second-order valence-electron chi connectivity index (χ2n) is 28.0. The number of aliphatic imine (C=N–C) groups is 1. The van der Waals surface area contributed by atoms with E-state index in [0.717, 1.165) is 16.5 Å². The fourth-order valence-electron chi connectivity index (χ4n) is 13.3. The van der Waals surface area contributed by atoms with Crippen LogP contribution in [0.15, 0.2) is 41.5 Å². The summed E-state index contributed by atoms with van der Waals surface area (Å²) in [6, 6.07) is -11.0. The molecule has 4 fully saturated rings. The number of carbonyl (C=O) groups is 15. The van der Waals surface area contributed by atoms with Crippen LogP contribution in [0.1, 0.15) is 136 Å². The van der Waals surface area contributed by atoms with Crippen molar-refractivity contribution in [3.05, 3.63) is 47.8 Å². The number of guanidine groups is 1. The number of nitrogens with two attached hydrogens (primary N) is 4. The minimum Gasteiger partial charge on any atom is -0.481 e. The Kier molecular flexibility index (Phi) is 33.9. The lowest BCUT2D eigenvalue weighted by Gasteiger charge is -2.35. The van der Waals surface area contributed by atoms with Gasteiger partial charge in [-0.2, -0.15) is 0 Å². The largest absolute Gasteiger partial charge is 0.481 e. The van der Waals surface area contributed by atoms with Crippen molar-refractivity contribution in [3.8, 4) is 0 Å².